The molecular weight excluding hydrogens is 471 g/mol. The highest BCUT2D eigenvalue weighted by Gasteiger charge is 2.56. The molecule has 0 radical (unpaired) electrons. The molecule has 1 aliphatic carbocycles. The van der Waals surface area contributed by atoms with Crippen LogP contribution < -0.4 is 9.80 Å². The summed E-state index contributed by atoms with van der Waals surface area (Å²) in [6, 6.07) is 15.5. The summed E-state index contributed by atoms with van der Waals surface area (Å²) >= 11 is 0. The van der Waals surface area contributed by atoms with Crippen molar-refractivity contribution < 1.29 is 18.4 Å². The van der Waals surface area contributed by atoms with E-state index in [2.05, 4.69) is 41.2 Å². The molecule has 3 aliphatic rings. The van der Waals surface area contributed by atoms with Crippen LogP contribution in [0.2, 0.25) is 0 Å². The van der Waals surface area contributed by atoms with Crippen LogP contribution in [-0.4, -0.2) is 61.9 Å². The maximum absolute atomic E-state index is 15.2. The number of amides is 1. The molecular formula is C29H33FN4O3. The van der Waals surface area contributed by atoms with Crippen LogP contribution in [0.4, 0.5) is 15.8 Å². The molecule has 3 heterocycles. The van der Waals surface area contributed by atoms with E-state index in [0.29, 0.717) is 62.0 Å². The SMILES string of the molecule is CCc1ccc(CN2CC3C(C2)C3CN(C(=O)c2ccno2)c2ccc(N3CCOCC3)c(F)c2)cc1. The molecule has 37 heavy (non-hydrogen) atoms. The molecule has 1 amide bonds. The smallest absolute Gasteiger partial charge is 0.296 e. The first-order valence-electron chi connectivity index (χ1n) is 13.3. The van der Waals surface area contributed by atoms with Crippen molar-refractivity contribution in [3.8, 4) is 0 Å². The third-order valence-electron chi connectivity index (χ3n) is 8.17. The highest BCUT2D eigenvalue weighted by Crippen LogP contribution is 2.52. The summed E-state index contributed by atoms with van der Waals surface area (Å²) in [5, 5.41) is 3.70. The van der Waals surface area contributed by atoms with E-state index in [-0.39, 0.29) is 17.5 Å². The average molecular weight is 505 g/mol. The second-order valence-electron chi connectivity index (χ2n) is 10.4. The molecule has 3 aromatic rings. The van der Waals surface area contributed by atoms with E-state index in [9.17, 15) is 4.79 Å². The molecule has 2 saturated heterocycles. The van der Waals surface area contributed by atoms with E-state index in [4.69, 9.17) is 9.26 Å². The fourth-order valence-corrected chi connectivity index (χ4v) is 5.98. The second-order valence-corrected chi connectivity index (χ2v) is 10.4. The van der Waals surface area contributed by atoms with Crippen molar-refractivity contribution in [2.24, 2.45) is 17.8 Å². The largest absolute Gasteiger partial charge is 0.378 e. The summed E-state index contributed by atoms with van der Waals surface area (Å²) in [4.78, 5) is 19.5. The van der Waals surface area contributed by atoms with Gasteiger partial charge in [-0.3, -0.25) is 9.69 Å². The number of hydrogen-bond acceptors (Lipinski definition) is 6. The minimum Gasteiger partial charge on any atom is -0.378 e. The lowest BCUT2D eigenvalue weighted by Gasteiger charge is -2.30. The van der Waals surface area contributed by atoms with Gasteiger partial charge in [-0.25, -0.2) is 4.39 Å². The molecule has 2 aromatic carbocycles. The molecule has 7 nitrogen and oxygen atoms in total. The van der Waals surface area contributed by atoms with Gasteiger partial charge in [0.25, 0.3) is 5.91 Å². The van der Waals surface area contributed by atoms with Crippen molar-refractivity contribution in [3.63, 3.8) is 0 Å². The topological polar surface area (TPSA) is 62.0 Å². The molecule has 2 aliphatic heterocycles. The number of piperidine rings is 1. The minimum atomic E-state index is -0.328. The molecule has 194 valence electrons. The predicted octanol–water partition coefficient (Wildman–Crippen LogP) is 4.24. The van der Waals surface area contributed by atoms with E-state index in [0.717, 1.165) is 26.1 Å². The van der Waals surface area contributed by atoms with Crippen LogP contribution in [0.15, 0.2) is 59.3 Å². The molecule has 2 atom stereocenters. The van der Waals surface area contributed by atoms with Crippen molar-refractivity contribution in [2.75, 3.05) is 55.7 Å². The first-order valence-corrected chi connectivity index (χ1v) is 13.3. The van der Waals surface area contributed by atoms with E-state index in [1.807, 2.05) is 11.0 Å². The Balaban J connectivity index is 1.14. The number of fused-ring (bicyclic) bond motifs is 1. The molecule has 6 rings (SSSR count). The van der Waals surface area contributed by atoms with Gasteiger partial charge in [0.2, 0.25) is 5.76 Å². The number of likely N-dealkylation sites (tertiary alicyclic amines) is 1. The van der Waals surface area contributed by atoms with Crippen LogP contribution in [0.25, 0.3) is 0 Å². The molecule has 1 saturated carbocycles. The first kappa shape index (κ1) is 24.1. The summed E-state index contributed by atoms with van der Waals surface area (Å²) in [7, 11) is 0. The fraction of sp³-hybridized carbons (Fsp3) is 0.448. The van der Waals surface area contributed by atoms with E-state index in [1.54, 1.807) is 17.0 Å². The summed E-state index contributed by atoms with van der Waals surface area (Å²) in [6.07, 6.45) is 2.52. The fourth-order valence-electron chi connectivity index (χ4n) is 5.98. The number of anilines is 2. The number of aromatic nitrogens is 1. The first-order chi connectivity index (χ1) is 18.1. The number of hydrogen-bond donors (Lipinski definition) is 0. The zero-order chi connectivity index (χ0) is 25.4. The number of benzene rings is 2. The van der Waals surface area contributed by atoms with Crippen molar-refractivity contribution in [3.05, 3.63) is 77.4 Å². The Hall–Kier alpha value is -3.23. The Labute approximate surface area is 216 Å². The van der Waals surface area contributed by atoms with Gasteiger partial charge in [-0.05, 0) is 53.5 Å². The van der Waals surface area contributed by atoms with Crippen LogP contribution in [-0.2, 0) is 17.7 Å². The summed E-state index contributed by atoms with van der Waals surface area (Å²) < 4.78 is 25.8. The normalized spacial score (nSPS) is 23.2. The molecule has 2 unspecified atom stereocenters. The van der Waals surface area contributed by atoms with E-state index in [1.165, 1.54) is 23.4 Å². The average Bonchev–Trinajstić information content (AvgIpc) is 3.31. The molecule has 0 bridgehead atoms. The van der Waals surface area contributed by atoms with Crippen LogP contribution in [0.3, 0.4) is 0 Å². The van der Waals surface area contributed by atoms with Gasteiger partial charge in [-0.2, -0.15) is 0 Å². The van der Waals surface area contributed by atoms with Crippen LogP contribution in [0, 0.1) is 23.6 Å². The molecule has 3 fully saturated rings. The predicted molar refractivity (Wildman–Crippen MR) is 139 cm³/mol. The van der Waals surface area contributed by atoms with Gasteiger partial charge >= 0.3 is 0 Å². The Bertz CT molecular complexity index is 1210. The van der Waals surface area contributed by atoms with Gasteiger partial charge in [0.05, 0.1) is 25.1 Å². The van der Waals surface area contributed by atoms with Gasteiger partial charge in [-0.1, -0.05) is 36.3 Å². The number of ether oxygens (including phenoxy) is 1. The van der Waals surface area contributed by atoms with Crippen LogP contribution in [0.1, 0.15) is 28.6 Å². The summed E-state index contributed by atoms with van der Waals surface area (Å²) in [6.45, 7) is 8.21. The maximum Gasteiger partial charge on any atom is 0.296 e. The van der Waals surface area contributed by atoms with E-state index < -0.39 is 0 Å². The highest BCUT2D eigenvalue weighted by atomic mass is 19.1. The number of aryl methyl sites for hydroxylation is 1. The highest BCUT2D eigenvalue weighted by molar-refractivity contribution is 6.04. The Kier molecular flexibility index (Phi) is 6.69. The monoisotopic (exact) mass is 504 g/mol. The number of carbonyl (C=O) groups excluding carboxylic acids is 1. The molecule has 0 spiro atoms. The van der Waals surface area contributed by atoms with Gasteiger partial charge in [0, 0.05) is 51.0 Å². The lowest BCUT2D eigenvalue weighted by molar-refractivity contribution is 0.0948. The molecule has 1 aromatic heterocycles. The lowest BCUT2D eigenvalue weighted by atomic mass is 10.1. The van der Waals surface area contributed by atoms with Gasteiger partial charge in [-0.15, -0.1) is 0 Å². The van der Waals surface area contributed by atoms with Gasteiger partial charge in [0.1, 0.15) is 5.82 Å². The summed E-state index contributed by atoms with van der Waals surface area (Å²) in [5.41, 5.74) is 3.80. The number of morpholine rings is 1. The molecule has 0 N–H and O–H groups in total. The lowest BCUT2D eigenvalue weighted by Crippen LogP contribution is -2.37. The minimum absolute atomic E-state index is 0.167. The van der Waals surface area contributed by atoms with E-state index >= 15 is 4.39 Å². The maximum atomic E-state index is 15.2. The molecule has 8 heteroatoms. The van der Waals surface area contributed by atoms with Crippen molar-refractivity contribution in [1.29, 1.82) is 0 Å². The summed E-state index contributed by atoms with van der Waals surface area (Å²) in [5.74, 6) is 1.06. The number of halogens is 1. The van der Waals surface area contributed by atoms with Crippen molar-refractivity contribution >= 4 is 17.3 Å². The third kappa shape index (κ3) is 5.00. The number of carbonyl (C=O) groups is 1. The zero-order valence-corrected chi connectivity index (χ0v) is 21.2. The van der Waals surface area contributed by atoms with Gasteiger partial charge < -0.3 is 19.1 Å². The van der Waals surface area contributed by atoms with Gasteiger partial charge in [0.15, 0.2) is 0 Å². The number of nitrogens with zero attached hydrogens (tertiary/aromatic N) is 4. The Morgan fingerprint density at radius 1 is 1.05 bits per heavy atom. The Morgan fingerprint density at radius 2 is 1.78 bits per heavy atom. The number of rotatable bonds is 8. The third-order valence-corrected chi connectivity index (χ3v) is 8.17. The van der Waals surface area contributed by atoms with Crippen molar-refractivity contribution in [1.82, 2.24) is 10.1 Å². The standard InChI is InChI=1S/C29H33FN4O3/c1-2-20-3-5-21(6-4-20)16-32-17-23-24(18-32)25(23)19-34(29(35)28-9-10-31-37-28)22-7-8-27(26(30)15-22)33-11-13-36-14-12-33/h3-10,15,23-25H,2,11-14,16-19H2,1H3. The van der Waals surface area contributed by atoms with Crippen LogP contribution >= 0.6 is 0 Å². The van der Waals surface area contributed by atoms with Crippen molar-refractivity contribution in [2.45, 2.75) is 19.9 Å². The zero-order valence-electron chi connectivity index (χ0n) is 21.2. The second kappa shape index (κ2) is 10.3. The quantitative estimate of drug-likeness (QED) is 0.458. The van der Waals surface area contributed by atoms with Crippen LogP contribution in [0.5, 0.6) is 0 Å². The Morgan fingerprint density at radius 3 is 2.43 bits per heavy atom.